The minimum atomic E-state index is -4.67. The lowest BCUT2D eigenvalue weighted by molar-refractivity contribution is -0.113. The molecule has 0 radical (unpaired) electrons. The van der Waals surface area contributed by atoms with Gasteiger partial charge in [0.15, 0.2) is 5.78 Å². The van der Waals surface area contributed by atoms with E-state index < -0.39 is 39.5 Å². The van der Waals surface area contributed by atoms with Gasteiger partial charge in [0.1, 0.15) is 0 Å². The molecule has 3 rings (SSSR count). The zero-order valence-corrected chi connectivity index (χ0v) is 18.3. The van der Waals surface area contributed by atoms with Crippen LogP contribution in [0.2, 0.25) is 0 Å². The summed E-state index contributed by atoms with van der Waals surface area (Å²) >= 11 is 0. The molecule has 0 aromatic heterocycles. The minimum Gasteiger partial charge on any atom is -0.290 e. The van der Waals surface area contributed by atoms with Crippen LogP contribution in [0.25, 0.3) is 0 Å². The summed E-state index contributed by atoms with van der Waals surface area (Å²) in [4.78, 5) is 12.2. The summed E-state index contributed by atoms with van der Waals surface area (Å²) < 4.78 is 54.8. The highest BCUT2D eigenvalue weighted by Gasteiger charge is 2.42. The Balaban J connectivity index is 2.00. The number of ketones is 1. The average molecular weight is 435 g/mol. The molecule has 4 atom stereocenters. The van der Waals surface area contributed by atoms with Gasteiger partial charge < -0.3 is 0 Å². The van der Waals surface area contributed by atoms with Gasteiger partial charge >= 0.3 is 6.18 Å². The molecule has 0 spiro atoms. The molecule has 0 N–H and O–H groups in total. The number of carbonyl (C=O) groups excluding carboxylic acids is 1. The zero-order chi connectivity index (χ0) is 22.4. The first-order valence-corrected chi connectivity index (χ1v) is 11.1. The van der Waals surface area contributed by atoms with Crippen LogP contribution in [0.15, 0.2) is 65.3 Å². The summed E-state index contributed by atoms with van der Waals surface area (Å²) in [6.07, 6.45) is -0.714. The topological polar surface area (TPSA) is 34.1 Å². The van der Waals surface area contributed by atoms with Crippen molar-refractivity contribution in [3.05, 3.63) is 82.0 Å². The van der Waals surface area contributed by atoms with Crippen molar-refractivity contribution in [1.82, 2.24) is 0 Å². The predicted octanol–water partition coefficient (Wildman–Crippen LogP) is 6.00. The maximum Gasteiger partial charge on any atom is 0.416 e. The molecule has 0 fully saturated rings. The molecule has 0 aliphatic heterocycles. The van der Waals surface area contributed by atoms with Crippen molar-refractivity contribution in [2.75, 3.05) is 0 Å². The van der Waals surface area contributed by atoms with Crippen molar-refractivity contribution in [1.29, 1.82) is 0 Å². The van der Waals surface area contributed by atoms with Gasteiger partial charge in [-0.25, -0.2) is 0 Å². The average Bonchev–Trinajstić information content (AvgIpc) is 2.77. The Morgan fingerprint density at radius 1 is 1.20 bits per heavy atom. The number of allylic oxidation sites excluding steroid dienone is 6. The van der Waals surface area contributed by atoms with Gasteiger partial charge in [-0.15, -0.1) is 0 Å². The molecule has 1 aromatic carbocycles. The summed E-state index contributed by atoms with van der Waals surface area (Å²) in [5.41, 5.74) is 2.66. The fraction of sp³-hybridized carbons (Fsp3) is 0.375. The quantitative estimate of drug-likeness (QED) is 0.547. The van der Waals surface area contributed by atoms with Crippen LogP contribution >= 0.6 is 0 Å². The van der Waals surface area contributed by atoms with E-state index in [0.29, 0.717) is 11.6 Å². The zero-order valence-electron chi connectivity index (χ0n) is 17.5. The maximum absolute atomic E-state index is 13.8. The number of hydrogen-bond donors (Lipinski definition) is 0. The predicted molar refractivity (Wildman–Crippen MR) is 114 cm³/mol. The molecule has 4 unspecified atom stereocenters. The number of aryl methyl sites for hydroxylation is 2. The lowest BCUT2D eigenvalue weighted by atomic mass is 9.84. The van der Waals surface area contributed by atoms with Crippen LogP contribution < -0.4 is 0 Å². The third-order valence-electron chi connectivity index (χ3n) is 6.05. The first kappa shape index (κ1) is 22.5. The molecule has 2 aliphatic rings. The summed E-state index contributed by atoms with van der Waals surface area (Å²) in [7, 11) is -1.44. The van der Waals surface area contributed by atoms with Gasteiger partial charge in [-0.2, -0.15) is 13.2 Å². The molecule has 30 heavy (non-hydrogen) atoms. The maximum atomic E-state index is 13.8. The lowest BCUT2D eigenvalue weighted by Gasteiger charge is -2.28. The number of halogens is 3. The number of hydrogen-bond acceptors (Lipinski definition) is 2. The number of carbonyl (C=O) groups is 1. The van der Waals surface area contributed by atoms with E-state index in [2.05, 4.69) is 6.58 Å². The van der Waals surface area contributed by atoms with E-state index >= 15 is 0 Å². The van der Waals surface area contributed by atoms with Crippen molar-refractivity contribution >= 4 is 16.6 Å². The van der Waals surface area contributed by atoms with Gasteiger partial charge in [0, 0.05) is 16.7 Å². The fourth-order valence-corrected chi connectivity index (χ4v) is 6.03. The van der Waals surface area contributed by atoms with Crippen LogP contribution in [-0.4, -0.2) is 21.4 Å². The molecule has 0 heterocycles. The number of rotatable bonds is 3. The van der Waals surface area contributed by atoms with E-state index in [4.69, 9.17) is 0 Å². The first-order valence-electron chi connectivity index (χ1n) is 9.82. The third kappa shape index (κ3) is 4.02. The molecule has 0 bridgehead atoms. The van der Waals surface area contributed by atoms with E-state index in [-0.39, 0.29) is 22.8 Å². The first-order chi connectivity index (χ1) is 13.9. The second kappa shape index (κ2) is 8.14. The van der Waals surface area contributed by atoms with Gasteiger partial charge in [-0.3, -0.25) is 9.00 Å². The molecule has 160 valence electrons. The minimum absolute atomic E-state index is 0.0239. The highest BCUT2D eigenvalue weighted by Crippen LogP contribution is 2.44. The van der Waals surface area contributed by atoms with Crippen molar-refractivity contribution < 1.29 is 22.2 Å². The largest absolute Gasteiger partial charge is 0.416 e. The van der Waals surface area contributed by atoms with Crippen LogP contribution in [0.3, 0.4) is 0 Å². The van der Waals surface area contributed by atoms with Gasteiger partial charge in [0.05, 0.1) is 16.1 Å². The van der Waals surface area contributed by atoms with Gasteiger partial charge in [0.25, 0.3) is 0 Å². The van der Waals surface area contributed by atoms with E-state index in [9.17, 15) is 22.2 Å². The molecule has 0 saturated heterocycles. The molecule has 2 nitrogen and oxygen atoms in total. The van der Waals surface area contributed by atoms with Gasteiger partial charge in [0.2, 0.25) is 0 Å². The fourth-order valence-electron chi connectivity index (χ4n) is 4.34. The summed E-state index contributed by atoms with van der Waals surface area (Å²) in [5, 5.41) is -0.904. The molecule has 6 heteroatoms. The van der Waals surface area contributed by atoms with E-state index in [1.807, 2.05) is 39.0 Å². The van der Waals surface area contributed by atoms with Crippen molar-refractivity contribution in [3.63, 3.8) is 0 Å². The van der Waals surface area contributed by atoms with Crippen LogP contribution in [-0.2, 0) is 15.6 Å². The number of alkyl halides is 3. The molecule has 2 aliphatic carbocycles. The highest BCUT2D eigenvalue weighted by atomic mass is 32.2. The number of benzene rings is 1. The SMILES string of the molecule is C=C1C(=O)C=C(C(F)(F)F)C2=C(C=CC(S(=O)C(C)c3c(C)cccc3C)C2)C1C. The monoisotopic (exact) mass is 434 g/mol. The third-order valence-corrected chi connectivity index (χ3v) is 7.90. The molecular formula is C24H25F3O2S. The van der Waals surface area contributed by atoms with Crippen LogP contribution in [0.5, 0.6) is 0 Å². The standard InChI is InChI=1S/C24H25F3O2S/c1-13-7-6-8-14(2)23(13)17(5)30(29)18-9-10-19-15(3)16(4)22(28)12-21(20(19)11-18)24(25,26)27/h6-10,12,15,17-18H,4,11H2,1-3,5H3. The summed E-state index contributed by atoms with van der Waals surface area (Å²) in [5.74, 6) is -1.23. The second-order valence-corrected chi connectivity index (χ2v) is 9.95. The Hall–Kier alpha value is -2.21. The molecular weight excluding hydrogens is 409 g/mol. The highest BCUT2D eigenvalue weighted by molar-refractivity contribution is 7.86. The summed E-state index contributed by atoms with van der Waals surface area (Å²) in [6.45, 7) is 11.1. The van der Waals surface area contributed by atoms with E-state index in [0.717, 1.165) is 16.7 Å². The Bertz CT molecular complexity index is 1010. The van der Waals surface area contributed by atoms with Crippen LogP contribution in [0, 0.1) is 19.8 Å². The Morgan fingerprint density at radius 2 is 1.80 bits per heavy atom. The second-order valence-electron chi connectivity index (χ2n) is 7.98. The van der Waals surface area contributed by atoms with Gasteiger partial charge in [-0.05, 0) is 66.7 Å². The smallest absolute Gasteiger partial charge is 0.290 e. The van der Waals surface area contributed by atoms with E-state index in [1.54, 1.807) is 19.1 Å². The van der Waals surface area contributed by atoms with E-state index in [1.165, 1.54) is 0 Å². The van der Waals surface area contributed by atoms with Crippen molar-refractivity contribution in [2.24, 2.45) is 5.92 Å². The Labute approximate surface area is 177 Å². The summed E-state index contributed by atoms with van der Waals surface area (Å²) in [6, 6.07) is 5.82. The van der Waals surface area contributed by atoms with Crippen molar-refractivity contribution in [2.45, 2.75) is 50.8 Å². The molecule has 1 aromatic rings. The van der Waals surface area contributed by atoms with Crippen molar-refractivity contribution in [3.8, 4) is 0 Å². The lowest BCUT2D eigenvalue weighted by Crippen LogP contribution is -2.25. The van der Waals surface area contributed by atoms with Gasteiger partial charge in [-0.1, -0.05) is 43.9 Å². The molecule has 0 amide bonds. The normalized spacial score (nSPS) is 24.3. The molecule has 0 saturated carbocycles. The van der Waals surface area contributed by atoms with Crippen LogP contribution in [0.4, 0.5) is 13.2 Å². The Morgan fingerprint density at radius 3 is 2.37 bits per heavy atom. The van der Waals surface area contributed by atoms with Crippen LogP contribution in [0.1, 0.15) is 42.2 Å². The Kier molecular flexibility index (Phi) is 6.10.